The van der Waals surface area contributed by atoms with Crippen LogP contribution in [0.2, 0.25) is 0 Å². The van der Waals surface area contributed by atoms with Gasteiger partial charge in [0.2, 0.25) is 0 Å². The van der Waals surface area contributed by atoms with Gasteiger partial charge in [0.15, 0.2) is 0 Å². The summed E-state index contributed by atoms with van der Waals surface area (Å²) in [6.07, 6.45) is 0. The SMILES string of the molecule is O=C(O)C(=O)N1CC2(COC2)C1. The summed E-state index contributed by atoms with van der Waals surface area (Å²) in [6, 6.07) is 0. The average molecular weight is 171 g/mol. The van der Waals surface area contributed by atoms with Crippen LogP contribution in [0.1, 0.15) is 0 Å². The average Bonchev–Trinajstić information content (AvgIpc) is 1.80. The van der Waals surface area contributed by atoms with E-state index < -0.39 is 11.9 Å². The number of carboxylic acids is 1. The number of rotatable bonds is 0. The van der Waals surface area contributed by atoms with Crippen LogP contribution in [0.3, 0.4) is 0 Å². The van der Waals surface area contributed by atoms with E-state index in [1.807, 2.05) is 0 Å². The van der Waals surface area contributed by atoms with Gasteiger partial charge < -0.3 is 14.7 Å². The zero-order chi connectivity index (χ0) is 8.77. The van der Waals surface area contributed by atoms with Gasteiger partial charge >= 0.3 is 11.9 Å². The summed E-state index contributed by atoms with van der Waals surface area (Å²) in [5, 5.41) is 8.36. The molecular formula is C7H9NO4. The topological polar surface area (TPSA) is 66.8 Å². The van der Waals surface area contributed by atoms with Crippen molar-refractivity contribution in [2.24, 2.45) is 5.41 Å². The Labute approximate surface area is 68.9 Å². The maximum Gasteiger partial charge on any atom is 0.394 e. The van der Waals surface area contributed by atoms with Gasteiger partial charge in [0.1, 0.15) is 0 Å². The molecule has 1 spiro atoms. The quantitative estimate of drug-likeness (QED) is 0.471. The fraction of sp³-hybridized carbons (Fsp3) is 0.714. The van der Waals surface area contributed by atoms with E-state index in [4.69, 9.17) is 9.84 Å². The van der Waals surface area contributed by atoms with Crippen molar-refractivity contribution in [2.75, 3.05) is 26.3 Å². The molecule has 2 saturated heterocycles. The molecule has 1 amide bonds. The summed E-state index contributed by atoms with van der Waals surface area (Å²) in [5.74, 6) is -2.17. The molecule has 2 rings (SSSR count). The van der Waals surface area contributed by atoms with Gasteiger partial charge in [-0.1, -0.05) is 0 Å². The molecule has 0 atom stereocenters. The van der Waals surface area contributed by atoms with Crippen LogP contribution < -0.4 is 0 Å². The Morgan fingerprint density at radius 1 is 1.33 bits per heavy atom. The van der Waals surface area contributed by atoms with Gasteiger partial charge in [0, 0.05) is 13.1 Å². The number of hydrogen-bond acceptors (Lipinski definition) is 3. The summed E-state index contributed by atoms with van der Waals surface area (Å²) in [4.78, 5) is 22.4. The van der Waals surface area contributed by atoms with Crippen molar-refractivity contribution in [1.82, 2.24) is 4.90 Å². The van der Waals surface area contributed by atoms with E-state index in [1.54, 1.807) is 0 Å². The molecule has 66 valence electrons. The minimum absolute atomic E-state index is 0.102. The molecular weight excluding hydrogens is 162 g/mol. The van der Waals surface area contributed by atoms with E-state index in [0.29, 0.717) is 26.3 Å². The van der Waals surface area contributed by atoms with Gasteiger partial charge in [-0.25, -0.2) is 4.79 Å². The van der Waals surface area contributed by atoms with E-state index in [1.165, 1.54) is 4.90 Å². The van der Waals surface area contributed by atoms with Crippen molar-refractivity contribution in [3.63, 3.8) is 0 Å². The molecule has 2 fully saturated rings. The van der Waals surface area contributed by atoms with Crippen molar-refractivity contribution >= 4 is 11.9 Å². The third-order valence-corrected chi connectivity index (χ3v) is 2.34. The highest BCUT2D eigenvalue weighted by molar-refractivity contribution is 6.31. The van der Waals surface area contributed by atoms with Crippen molar-refractivity contribution in [1.29, 1.82) is 0 Å². The molecule has 0 saturated carbocycles. The number of aliphatic carboxylic acids is 1. The molecule has 0 bridgehead atoms. The van der Waals surface area contributed by atoms with Crippen molar-refractivity contribution < 1.29 is 19.4 Å². The Balaban J connectivity index is 1.88. The first-order valence-corrected chi connectivity index (χ1v) is 3.73. The summed E-state index contributed by atoms with van der Waals surface area (Å²) in [5.41, 5.74) is 0.102. The predicted octanol–water partition coefficient (Wildman–Crippen LogP) is -1.07. The summed E-state index contributed by atoms with van der Waals surface area (Å²) in [7, 11) is 0. The monoisotopic (exact) mass is 171 g/mol. The van der Waals surface area contributed by atoms with Crippen molar-refractivity contribution in [3.05, 3.63) is 0 Å². The summed E-state index contributed by atoms with van der Waals surface area (Å²) < 4.78 is 4.98. The van der Waals surface area contributed by atoms with E-state index in [2.05, 4.69) is 0 Å². The Hall–Kier alpha value is -1.10. The lowest BCUT2D eigenvalue weighted by Crippen LogP contribution is -2.68. The number of carbonyl (C=O) groups is 2. The number of ether oxygens (including phenoxy) is 1. The molecule has 2 aliphatic rings. The molecule has 0 aromatic rings. The molecule has 2 heterocycles. The van der Waals surface area contributed by atoms with Gasteiger partial charge in [-0.3, -0.25) is 4.79 Å². The molecule has 0 aromatic carbocycles. The van der Waals surface area contributed by atoms with E-state index in [0.717, 1.165) is 0 Å². The molecule has 0 unspecified atom stereocenters. The van der Waals surface area contributed by atoms with Gasteiger partial charge in [0.25, 0.3) is 0 Å². The molecule has 2 aliphatic heterocycles. The third kappa shape index (κ3) is 0.896. The van der Waals surface area contributed by atoms with Crippen molar-refractivity contribution in [3.8, 4) is 0 Å². The lowest BCUT2D eigenvalue weighted by molar-refractivity contribution is -0.198. The van der Waals surface area contributed by atoms with E-state index in [9.17, 15) is 9.59 Å². The number of amides is 1. The number of hydrogen-bond donors (Lipinski definition) is 1. The van der Waals surface area contributed by atoms with E-state index in [-0.39, 0.29) is 5.41 Å². The Bertz CT molecular complexity index is 238. The minimum Gasteiger partial charge on any atom is -0.474 e. The van der Waals surface area contributed by atoms with Crippen molar-refractivity contribution in [2.45, 2.75) is 0 Å². The van der Waals surface area contributed by atoms with Crippen LogP contribution in [-0.2, 0) is 14.3 Å². The van der Waals surface area contributed by atoms with Crippen LogP contribution >= 0.6 is 0 Å². The molecule has 0 radical (unpaired) electrons. The lowest BCUT2D eigenvalue weighted by Gasteiger charge is -2.54. The van der Waals surface area contributed by atoms with E-state index >= 15 is 0 Å². The van der Waals surface area contributed by atoms with Gasteiger partial charge in [-0.05, 0) is 0 Å². The second-order valence-corrected chi connectivity index (χ2v) is 3.46. The smallest absolute Gasteiger partial charge is 0.394 e. The first kappa shape index (κ1) is 7.54. The first-order chi connectivity index (χ1) is 5.63. The normalized spacial score (nSPS) is 24.5. The maximum atomic E-state index is 10.8. The summed E-state index contributed by atoms with van der Waals surface area (Å²) in [6.45, 7) is 2.41. The second kappa shape index (κ2) is 2.20. The molecule has 5 heteroatoms. The number of carbonyl (C=O) groups excluding carboxylic acids is 1. The summed E-state index contributed by atoms with van der Waals surface area (Å²) >= 11 is 0. The number of nitrogens with zero attached hydrogens (tertiary/aromatic N) is 1. The van der Waals surface area contributed by atoms with Crippen LogP contribution in [0.5, 0.6) is 0 Å². The zero-order valence-electron chi connectivity index (χ0n) is 6.45. The largest absolute Gasteiger partial charge is 0.474 e. The standard InChI is InChI=1S/C7H9NO4/c9-5(6(10)11)8-1-7(2-8)3-12-4-7/h1-4H2,(H,10,11). The minimum atomic E-state index is -1.37. The Morgan fingerprint density at radius 2 is 1.92 bits per heavy atom. The number of likely N-dealkylation sites (tertiary alicyclic amines) is 1. The molecule has 0 aromatic heterocycles. The third-order valence-electron chi connectivity index (χ3n) is 2.34. The highest BCUT2D eigenvalue weighted by atomic mass is 16.5. The first-order valence-electron chi connectivity index (χ1n) is 3.73. The highest BCUT2D eigenvalue weighted by Crippen LogP contribution is 2.37. The fourth-order valence-electron chi connectivity index (χ4n) is 1.62. The van der Waals surface area contributed by atoms with Gasteiger partial charge in [-0.2, -0.15) is 0 Å². The molecule has 5 nitrogen and oxygen atoms in total. The lowest BCUT2D eigenvalue weighted by atomic mass is 9.78. The number of carboxylic acid groups (broad SMARTS) is 1. The highest BCUT2D eigenvalue weighted by Gasteiger charge is 2.51. The molecule has 12 heavy (non-hydrogen) atoms. The molecule has 0 aliphatic carbocycles. The Morgan fingerprint density at radius 3 is 2.25 bits per heavy atom. The maximum absolute atomic E-state index is 10.8. The van der Waals surface area contributed by atoms with Gasteiger partial charge in [0.05, 0.1) is 18.6 Å². The van der Waals surface area contributed by atoms with Crippen LogP contribution in [0.4, 0.5) is 0 Å². The van der Waals surface area contributed by atoms with Crippen LogP contribution in [0.15, 0.2) is 0 Å². The Kier molecular flexibility index (Phi) is 1.38. The second-order valence-electron chi connectivity index (χ2n) is 3.46. The predicted molar refractivity (Wildman–Crippen MR) is 37.5 cm³/mol. The van der Waals surface area contributed by atoms with Crippen LogP contribution in [0, 0.1) is 5.41 Å². The van der Waals surface area contributed by atoms with Crippen LogP contribution in [-0.4, -0.2) is 48.2 Å². The van der Waals surface area contributed by atoms with Gasteiger partial charge in [-0.15, -0.1) is 0 Å². The molecule has 1 N–H and O–H groups in total. The zero-order valence-corrected chi connectivity index (χ0v) is 6.45. The fourth-order valence-corrected chi connectivity index (χ4v) is 1.62. The van der Waals surface area contributed by atoms with Crippen LogP contribution in [0.25, 0.3) is 0 Å².